The van der Waals surface area contributed by atoms with Gasteiger partial charge in [0.2, 0.25) is 0 Å². The van der Waals surface area contributed by atoms with Crippen LogP contribution in [0.1, 0.15) is 18.4 Å². The lowest BCUT2D eigenvalue weighted by atomic mass is 10.1. The summed E-state index contributed by atoms with van der Waals surface area (Å²) in [7, 11) is 1.49. The summed E-state index contributed by atoms with van der Waals surface area (Å²) < 4.78 is 19.0. The van der Waals surface area contributed by atoms with Crippen LogP contribution in [0.25, 0.3) is 0 Å². The minimum Gasteiger partial charge on any atom is -0.494 e. The molecule has 0 saturated carbocycles. The number of methoxy groups -OCH3 is 1. The monoisotopic (exact) mass is 271 g/mol. The van der Waals surface area contributed by atoms with E-state index < -0.39 is 0 Å². The van der Waals surface area contributed by atoms with Gasteiger partial charge in [0.05, 0.1) is 7.11 Å². The topological polar surface area (TPSA) is 12.5 Å². The molecule has 0 N–H and O–H groups in total. The average molecular weight is 272 g/mol. The van der Waals surface area contributed by atoms with Crippen molar-refractivity contribution < 1.29 is 9.13 Å². The maximum atomic E-state index is 14.0. The van der Waals surface area contributed by atoms with E-state index in [1.807, 2.05) is 12.1 Å². The van der Waals surface area contributed by atoms with Gasteiger partial charge in [-0.1, -0.05) is 12.1 Å². The second-order valence-corrected chi connectivity index (χ2v) is 5.18. The third-order valence-electron chi connectivity index (χ3n) is 3.54. The Hall–Kier alpha value is -0.800. The van der Waals surface area contributed by atoms with Crippen molar-refractivity contribution in [3.05, 3.63) is 29.6 Å². The normalized spacial score (nSPS) is 20.3. The van der Waals surface area contributed by atoms with Crippen LogP contribution in [0.15, 0.2) is 18.2 Å². The van der Waals surface area contributed by atoms with Crippen LogP contribution >= 0.6 is 11.6 Å². The van der Waals surface area contributed by atoms with E-state index in [4.69, 9.17) is 16.3 Å². The first-order chi connectivity index (χ1) is 8.74. The van der Waals surface area contributed by atoms with Gasteiger partial charge in [0, 0.05) is 24.5 Å². The van der Waals surface area contributed by atoms with Crippen molar-refractivity contribution in [3.8, 4) is 5.75 Å². The van der Waals surface area contributed by atoms with Crippen LogP contribution in [0, 0.1) is 11.7 Å². The summed E-state index contributed by atoms with van der Waals surface area (Å²) in [5, 5.41) is 0. The Kier molecular flexibility index (Phi) is 4.84. The second-order valence-electron chi connectivity index (χ2n) is 4.80. The number of benzene rings is 1. The number of likely N-dealkylation sites (tertiary alicyclic amines) is 1. The van der Waals surface area contributed by atoms with E-state index in [1.54, 1.807) is 6.07 Å². The largest absolute Gasteiger partial charge is 0.494 e. The Morgan fingerprint density at radius 3 is 3.06 bits per heavy atom. The van der Waals surface area contributed by atoms with Crippen molar-refractivity contribution in [2.45, 2.75) is 19.4 Å². The molecule has 1 saturated heterocycles. The molecule has 0 spiro atoms. The van der Waals surface area contributed by atoms with E-state index in [1.165, 1.54) is 7.11 Å². The van der Waals surface area contributed by atoms with E-state index >= 15 is 0 Å². The number of ether oxygens (including phenoxy) is 1. The first-order valence-electron chi connectivity index (χ1n) is 6.34. The molecule has 0 bridgehead atoms. The fraction of sp³-hybridized carbons (Fsp3) is 0.571. The number of hydrogen-bond donors (Lipinski definition) is 0. The molecule has 0 radical (unpaired) electrons. The van der Waals surface area contributed by atoms with Crippen molar-refractivity contribution in [3.63, 3.8) is 0 Å². The molecule has 1 heterocycles. The van der Waals surface area contributed by atoms with Crippen LogP contribution in [0.4, 0.5) is 4.39 Å². The maximum absolute atomic E-state index is 14.0. The Morgan fingerprint density at radius 1 is 1.50 bits per heavy atom. The molecular weight excluding hydrogens is 253 g/mol. The highest BCUT2D eigenvalue weighted by Gasteiger charge is 2.23. The van der Waals surface area contributed by atoms with Crippen molar-refractivity contribution >= 4 is 11.6 Å². The average Bonchev–Trinajstić information content (AvgIpc) is 2.80. The molecule has 1 aromatic carbocycles. The van der Waals surface area contributed by atoms with Crippen LogP contribution in [-0.2, 0) is 6.54 Å². The van der Waals surface area contributed by atoms with Gasteiger partial charge in [-0.05, 0) is 31.4 Å². The van der Waals surface area contributed by atoms with Crippen molar-refractivity contribution in [2.24, 2.45) is 5.92 Å². The fourth-order valence-electron chi connectivity index (χ4n) is 2.52. The summed E-state index contributed by atoms with van der Waals surface area (Å²) in [5.41, 5.74) is 0.709. The molecule has 4 heteroatoms. The van der Waals surface area contributed by atoms with Gasteiger partial charge in [0.25, 0.3) is 0 Å². The third-order valence-corrected chi connectivity index (χ3v) is 3.76. The lowest BCUT2D eigenvalue weighted by molar-refractivity contribution is 0.306. The van der Waals surface area contributed by atoms with Crippen LogP contribution in [-0.4, -0.2) is 31.0 Å². The van der Waals surface area contributed by atoms with Gasteiger partial charge in [-0.3, -0.25) is 4.90 Å². The van der Waals surface area contributed by atoms with Gasteiger partial charge in [0.15, 0.2) is 11.6 Å². The minimum atomic E-state index is -0.235. The molecular formula is C14H19ClFNO. The molecule has 1 fully saturated rings. The summed E-state index contributed by atoms with van der Waals surface area (Å²) >= 11 is 5.76. The Labute approximate surface area is 113 Å². The van der Waals surface area contributed by atoms with Crippen molar-refractivity contribution in [1.82, 2.24) is 4.90 Å². The highest BCUT2D eigenvalue weighted by atomic mass is 35.5. The summed E-state index contributed by atoms with van der Waals surface area (Å²) in [6, 6.07) is 5.31. The van der Waals surface area contributed by atoms with Crippen molar-refractivity contribution in [1.29, 1.82) is 0 Å². The number of halogens is 2. The molecule has 0 aromatic heterocycles. The van der Waals surface area contributed by atoms with Crippen LogP contribution < -0.4 is 4.74 Å². The summed E-state index contributed by atoms with van der Waals surface area (Å²) in [4.78, 5) is 2.29. The number of nitrogens with zero attached hydrogens (tertiary/aromatic N) is 1. The summed E-state index contributed by atoms with van der Waals surface area (Å²) in [6.07, 6.45) is 2.22. The van der Waals surface area contributed by atoms with Gasteiger partial charge in [0.1, 0.15) is 0 Å². The highest BCUT2D eigenvalue weighted by Crippen LogP contribution is 2.25. The molecule has 1 aromatic rings. The predicted octanol–water partition coefficient (Wildman–Crippen LogP) is 3.29. The quantitative estimate of drug-likeness (QED) is 0.762. The maximum Gasteiger partial charge on any atom is 0.169 e. The second kappa shape index (κ2) is 6.39. The zero-order valence-corrected chi connectivity index (χ0v) is 11.4. The smallest absolute Gasteiger partial charge is 0.169 e. The standard InChI is InChI=1S/C14H19ClFNO/c1-18-13-4-2-3-12(14(13)16)10-17-8-6-11(9-17)5-7-15/h2-4,11H,5-10H2,1H3. The molecule has 1 atom stereocenters. The van der Waals surface area contributed by atoms with Gasteiger partial charge in [-0.25, -0.2) is 4.39 Å². The first-order valence-corrected chi connectivity index (χ1v) is 6.87. The zero-order valence-electron chi connectivity index (χ0n) is 10.7. The molecule has 100 valence electrons. The Balaban J connectivity index is 1.98. The van der Waals surface area contributed by atoms with Crippen LogP contribution in [0.5, 0.6) is 5.75 Å². The molecule has 18 heavy (non-hydrogen) atoms. The van der Waals surface area contributed by atoms with E-state index in [-0.39, 0.29) is 5.82 Å². The zero-order chi connectivity index (χ0) is 13.0. The molecule has 0 aliphatic carbocycles. The molecule has 2 nitrogen and oxygen atoms in total. The van der Waals surface area contributed by atoms with E-state index in [9.17, 15) is 4.39 Å². The molecule has 1 unspecified atom stereocenters. The number of rotatable bonds is 5. The molecule has 1 aliphatic rings. The van der Waals surface area contributed by atoms with Gasteiger partial charge < -0.3 is 4.74 Å². The van der Waals surface area contributed by atoms with E-state index in [0.717, 1.165) is 25.9 Å². The Morgan fingerprint density at radius 2 is 2.33 bits per heavy atom. The van der Waals surface area contributed by atoms with Gasteiger partial charge in [-0.15, -0.1) is 11.6 Å². The lowest BCUT2D eigenvalue weighted by Gasteiger charge is -2.17. The number of alkyl halides is 1. The van der Waals surface area contributed by atoms with Gasteiger partial charge >= 0.3 is 0 Å². The first kappa shape index (κ1) is 13.6. The van der Waals surface area contributed by atoms with Gasteiger partial charge in [-0.2, -0.15) is 0 Å². The SMILES string of the molecule is COc1cccc(CN2CCC(CCCl)C2)c1F. The van der Waals surface area contributed by atoms with E-state index in [0.29, 0.717) is 29.7 Å². The van der Waals surface area contributed by atoms with Crippen molar-refractivity contribution in [2.75, 3.05) is 26.1 Å². The highest BCUT2D eigenvalue weighted by molar-refractivity contribution is 6.17. The fourth-order valence-corrected chi connectivity index (χ4v) is 2.83. The third kappa shape index (κ3) is 3.15. The molecule has 0 amide bonds. The number of hydrogen-bond acceptors (Lipinski definition) is 2. The summed E-state index contributed by atoms with van der Waals surface area (Å²) in [5.74, 6) is 1.47. The lowest BCUT2D eigenvalue weighted by Crippen LogP contribution is -2.21. The minimum absolute atomic E-state index is 0.235. The summed E-state index contributed by atoms with van der Waals surface area (Å²) in [6.45, 7) is 2.70. The van der Waals surface area contributed by atoms with Crippen LogP contribution in [0.3, 0.4) is 0 Å². The Bertz CT molecular complexity index is 399. The predicted molar refractivity (Wildman–Crippen MR) is 71.7 cm³/mol. The molecule has 2 rings (SSSR count). The molecule has 1 aliphatic heterocycles. The van der Waals surface area contributed by atoms with Crippen LogP contribution in [0.2, 0.25) is 0 Å². The van der Waals surface area contributed by atoms with E-state index in [2.05, 4.69) is 4.90 Å².